The number of hydrogen-bond acceptors (Lipinski definition) is 1. The van der Waals surface area contributed by atoms with Crippen molar-refractivity contribution >= 4 is 5.57 Å². The molecule has 2 atom stereocenters. The van der Waals surface area contributed by atoms with Gasteiger partial charge in [0, 0.05) is 12.0 Å². The van der Waals surface area contributed by atoms with E-state index in [1.807, 2.05) is 6.08 Å². The summed E-state index contributed by atoms with van der Waals surface area (Å²) in [5.74, 6) is -1.77. The lowest BCUT2D eigenvalue weighted by Crippen LogP contribution is -2.25. The number of halogens is 3. The molecule has 0 aromatic heterocycles. The van der Waals surface area contributed by atoms with Crippen molar-refractivity contribution in [3.05, 3.63) is 115 Å². The van der Waals surface area contributed by atoms with E-state index in [2.05, 4.69) is 19.7 Å². The molecule has 1 aromatic rings. The highest BCUT2D eigenvalue weighted by molar-refractivity contribution is 5.78. The molecule has 0 amide bonds. The maximum atomic E-state index is 15.1. The highest BCUT2D eigenvalue weighted by Gasteiger charge is 2.21. The van der Waals surface area contributed by atoms with Crippen molar-refractivity contribution in [1.29, 1.82) is 0 Å². The molecular weight excluding hydrogens is 433 g/mol. The molecule has 1 aromatic carbocycles. The fourth-order valence-electron chi connectivity index (χ4n) is 3.91. The third-order valence-corrected chi connectivity index (χ3v) is 5.91. The molecule has 0 spiro atoms. The van der Waals surface area contributed by atoms with Crippen LogP contribution in [0.5, 0.6) is 0 Å². The Balaban J connectivity index is 2.04. The van der Waals surface area contributed by atoms with Crippen LogP contribution in [0.4, 0.5) is 13.2 Å². The van der Waals surface area contributed by atoms with Crippen LogP contribution in [0, 0.1) is 5.92 Å². The average molecular weight is 469 g/mol. The SMILES string of the molecule is C=C/C=C(C)\C(F)=C(\F)Cc1ccc(C(=C/C=C)/C(F)=C\CC2CCC(CCC=C)OC2)cc1. The Hall–Kier alpha value is -2.85. The fourth-order valence-corrected chi connectivity index (χ4v) is 3.91. The summed E-state index contributed by atoms with van der Waals surface area (Å²) >= 11 is 0. The van der Waals surface area contributed by atoms with Crippen molar-refractivity contribution in [2.75, 3.05) is 6.61 Å². The molecule has 0 saturated carbocycles. The number of hydrogen-bond donors (Lipinski definition) is 0. The zero-order valence-electron chi connectivity index (χ0n) is 20.0. The Morgan fingerprint density at radius 2 is 1.74 bits per heavy atom. The Labute approximate surface area is 202 Å². The Bertz CT molecular complexity index is 955. The number of rotatable bonds is 12. The van der Waals surface area contributed by atoms with Gasteiger partial charge in [-0.1, -0.05) is 67.8 Å². The molecule has 0 bridgehead atoms. The van der Waals surface area contributed by atoms with Gasteiger partial charge in [0.2, 0.25) is 0 Å². The summed E-state index contributed by atoms with van der Waals surface area (Å²) in [7, 11) is 0. The molecular formula is C30H35F3O. The topological polar surface area (TPSA) is 9.23 Å². The van der Waals surface area contributed by atoms with Gasteiger partial charge in [0.1, 0.15) is 11.7 Å². The first-order valence-electron chi connectivity index (χ1n) is 11.7. The summed E-state index contributed by atoms with van der Waals surface area (Å²) in [5.41, 5.74) is 1.84. The predicted molar refractivity (Wildman–Crippen MR) is 137 cm³/mol. The molecule has 1 aliphatic heterocycles. The van der Waals surface area contributed by atoms with Crippen LogP contribution in [0.15, 0.2) is 104 Å². The quantitative estimate of drug-likeness (QED) is 0.220. The van der Waals surface area contributed by atoms with Gasteiger partial charge >= 0.3 is 0 Å². The molecule has 1 nitrogen and oxygen atoms in total. The highest BCUT2D eigenvalue weighted by Crippen LogP contribution is 2.29. The molecule has 1 heterocycles. The Kier molecular flexibility index (Phi) is 11.6. The molecule has 1 fully saturated rings. The van der Waals surface area contributed by atoms with Crippen molar-refractivity contribution in [2.45, 2.75) is 51.6 Å². The van der Waals surface area contributed by atoms with Crippen LogP contribution < -0.4 is 0 Å². The van der Waals surface area contributed by atoms with Gasteiger partial charge in [-0.05, 0) is 67.7 Å². The van der Waals surface area contributed by atoms with Crippen molar-refractivity contribution in [1.82, 2.24) is 0 Å². The van der Waals surface area contributed by atoms with Crippen LogP contribution in [0.2, 0.25) is 0 Å². The maximum absolute atomic E-state index is 15.1. The van der Waals surface area contributed by atoms with E-state index >= 15 is 4.39 Å². The number of allylic oxidation sites excluding steroid dienone is 11. The second-order valence-corrected chi connectivity index (χ2v) is 8.55. The molecule has 1 saturated heterocycles. The van der Waals surface area contributed by atoms with E-state index in [9.17, 15) is 8.78 Å². The third-order valence-electron chi connectivity index (χ3n) is 5.91. The van der Waals surface area contributed by atoms with Gasteiger partial charge in [-0.15, -0.1) is 6.58 Å². The molecule has 2 rings (SSSR count). The van der Waals surface area contributed by atoms with E-state index in [0.717, 1.165) is 25.7 Å². The van der Waals surface area contributed by atoms with Gasteiger partial charge in [-0.2, -0.15) is 0 Å². The Morgan fingerprint density at radius 3 is 2.32 bits per heavy atom. The third kappa shape index (κ3) is 8.49. The van der Waals surface area contributed by atoms with E-state index < -0.39 is 11.7 Å². The molecule has 4 heteroatoms. The minimum absolute atomic E-state index is 0.178. The molecule has 182 valence electrons. The summed E-state index contributed by atoms with van der Waals surface area (Å²) in [6, 6.07) is 6.78. The smallest absolute Gasteiger partial charge is 0.157 e. The van der Waals surface area contributed by atoms with E-state index in [1.165, 1.54) is 25.2 Å². The van der Waals surface area contributed by atoms with E-state index in [0.29, 0.717) is 35.6 Å². The van der Waals surface area contributed by atoms with Crippen molar-refractivity contribution in [2.24, 2.45) is 5.92 Å². The Morgan fingerprint density at radius 1 is 1.03 bits per heavy atom. The second-order valence-electron chi connectivity index (χ2n) is 8.55. The van der Waals surface area contributed by atoms with Crippen molar-refractivity contribution in [3.8, 4) is 0 Å². The van der Waals surface area contributed by atoms with Gasteiger partial charge in [0.05, 0.1) is 12.7 Å². The number of ether oxygens (including phenoxy) is 1. The van der Waals surface area contributed by atoms with Crippen LogP contribution in [-0.4, -0.2) is 12.7 Å². The molecule has 1 aliphatic rings. The summed E-state index contributed by atoms with van der Waals surface area (Å²) in [6.45, 7) is 13.1. The van der Waals surface area contributed by atoms with Gasteiger partial charge in [0.25, 0.3) is 0 Å². The van der Waals surface area contributed by atoms with Crippen LogP contribution in [0.1, 0.15) is 50.2 Å². The van der Waals surface area contributed by atoms with Gasteiger partial charge < -0.3 is 4.74 Å². The minimum atomic E-state index is -0.885. The summed E-state index contributed by atoms with van der Waals surface area (Å²) < 4.78 is 49.3. The zero-order valence-corrected chi connectivity index (χ0v) is 20.0. The normalized spacial score (nSPS) is 20.5. The van der Waals surface area contributed by atoms with E-state index in [1.54, 1.807) is 36.4 Å². The van der Waals surface area contributed by atoms with Crippen molar-refractivity contribution < 1.29 is 17.9 Å². The zero-order chi connectivity index (χ0) is 24.9. The standard InChI is InChI=1S/C30H35F3O/c1-5-8-11-26-18-14-24(21-34-26)15-19-28(31)27(10-7-3)25-16-12-23(13-17-25)20-29(32)30(33)22(4)9-6-2/h5-7,9-10,12-13,16-17,19,24,26H,1-3,8,11,14-15,18,20-21H2,4H3/b22-9-,27-10-,28-19+,30-29-. The second kappa shape index (κ2) is 14.4. The minimum Gasteiger partial charge on any atom is -0.378 e. The summed E-state index contributed by atoms with van der Waals surface area (Å²) in [5, 5.41) is 0. The monoisotopic (exact) mass is 468 g/mol. The maximum Gasteiger partial charge on any atom is 0.157 e. The molecule has 0 radical (unpaired) electrons. The largest absolute Gasteiger partial charge is 0.378 e. The fraction of sp³-hybridized carbons (Fsp3) is 0.333. The summed E-state index contributed by atoms with van der Waals surface area (Å²) in [6.07, 6.45) is 14.1. The number of benzene rings is 1. The lowest BCUT2D eigenvalue weighted by molar-refractivity contribution is -0.0183. The average Bonchev–Trinajstić information content (AvgIpc) is 2.85. The van der Waals surface area contributed by atoms with Crippen LogP contribution in [0.3, 0.4) is 0 Å². The van der Waals surface area contributed by atoms with E-state index in [4.69, 9.17) is 4.74 Å². The highest BCUT2D eigenvalue weighted by atomic mass is 19.2. The first kappa shape index (κ1) is 27.4. The van der Waals surface area contributed by atoms with Crippen LogP contribution >= 0.6 is 0 Å². The van der Waals surface area contributed by atoms with Crippen molar-refractivity contribution in [3.63, 3.8) is 0 Å². The van der Waals surface area contributed by atoms with Gasteiger partial charge in [-0.3, -0.25) is 0 Å². The first-order valence-corrected chi connectivity index (χ1v) is 11.7. The van der Waals surface area contributed by atoms with Crippen LogP contribution in [0.25, 0.3) is 5.57 Å². The lowest BCUT2D eigenvalue weighted by Gasteiger charge is -2.28. The molecule has 2 unspecified atom stereocenters. The summed E-state index contributed by atoms with van der Waals surface area (Å²) in [4.78, 5) is 0. The molecule has 34 heavy (non-hydrogen) atoms. The first-order chi connectivity index (χ1) is 16.4. The predicted octanol–water partition coefficient (Wildman–Crippen LogP) is 9.09. The van der Waals surface area contributed by atoms with Gasteiger partial charge in [-0.25, -0.2) is 13.2 Å². The van der Waals surface area contributed by atoms with Crippen LogP contribution in [-0.2, 0) is 11.2 Å². The lowest BCUT2D eigenvalue weighted by atomic mass is 9.92. The van der Waals surface area contributed by atoms with Gasteiger partial charge in [0.15, 0.2) is 5.83 Å². The van der Waals surface area contributed by atoms with E-state index in [-0.39, 0.29) is 23.9 Å². The molecule has 0 N–H and O–H groups in total. The molecule has 0 aliphatic carbocycles.